The fraction of sp³-hybridized carbons (Fsp3) is 0.898. The second kappa shape index (κ2) is 41.3. The molecule has 0 aliphatic carbocycles. The molecule has 0 saturated heterocycles. The number of allylic oxidation sites excluding steroid dienone is 3. The minimum atomic E-state index is -4.34. The molecule has 3 atom stereocenters. The molecule has 0 aliphatic heterocycles. The summed E-state index contributed by atoms with van der Waals surface area (Å²) >= 11 is 0. The summed E-state index contributed by atoms with van der Waals surface area (Å²) < 4.78 is 23.6. The van der Waals surface area contributed by atoms with Gasteiger partial charge in [-0.25, -0.2) is 4.57 Å². The predicted molar refractivity (Wildman–Crippen MR) is 249 cm³/mol. The SMILES string of the molecule is CCC/C=C\CCCCCCCC(=O)NC(COP(=O)(O)OCC[N+](C)(C)C)C(O)/C=C/CCCCCCCCCCCCCCCCCCCCCCCCCC. The average Bonchev–Trinajstić information content (AvgIpc) is 3.17. The Morgan fingerprint density at radius 1 is 0.569 bits per heavy atom. The molecule has 9 heteroatoms. The van der Waals surface area contributed by atoms with Crippen molar-refractivity contribution in [3.8, 4) is 0 Å². The largest absolute Gasteiger partial charge is 0.472 e. The van der Waals surface area contributed by atoms with E-state index in [2.05, 4.69) is 31.3 Å². The van der Waals surface area contributed by atoms with Crippen LogP contribution in [-0.2, 0) is 18.4 Å². The number of carbonyl (C=O) groups excluding carboxylic acids is 1. The molecule has 0 rings (SSSR count). The van der Waals surface area contributed by atoms with Crippen molar-refractivity contribution < 1.29 is 32.9 Å². The molecule has 8 nitrogen and oxygen atoms in total. The van der Waals surface area contributed by atoms with Crippen LogP contribution in [0.2, 0.25) is 0 Å². The molecule has 344 valence electrons. The molecular formula is C49H98N2O6P+. The Morgan fingerprint density at radius 2 is 0.966 bits per heavy atom. The number of hydrogen-bond acceptors (Lipinski definition) is 5. The van der Waals surface area contributed by atoms with Crippen molar-refractivity contribution in [2.45, 2.75) is 244 Å². The van der Waals surface area contributed by atoms with Gasteiger partial charge in [-0.15, -0.1) is 0 Å². The highest BCUT2D eigenvalue weighted by molar-refractivity contribution is 7.47. The Morgan fingerprint density at radius 3 is 1.40 bits per heavy atom. The fourth-order valence-electron chi connectivity index (χ4n) is 7.22. The van der Waals surface area contributed by atoms with Gasteiger partial charge in [0.2, 0.25) is 5.91 Å². The van der Waals surface area contributed by atoms with E-state index in [0.29, 0.717) is 17.4 Å². The Hall–Kier alpha value is -1.02. The van der Waals surface area contributed by atoms with E-state index in [1.807, 2.05) is 27.2 Å². The smallest absolute Gasteiger partial charge is 0.387 e. The second-order valence-electron chi connectivity index (χ2n) is 18.2. The molecule has 0 spiro atoms. The van der Waals surface area contributed by atoms with Gasteiger partial charge in [0.05, 0.1) is 39.9 Å². The topological polar surface area (TPSA) is 105 Å². The van der Waals surface area contributed by atoms with Crippen LogP contribution in [0.4, 0.5) is 0 Å². The normalized spacial score (nSPS) is 14.4. The maximum atomic E-state index is 12.8. The van der Waals surface area contributed by atoms with E-state index in [0.717, 1.165) is 57.8 Å². The quantitative estimate of drug-likeness (QED) is 0.0244. The van der Waals surface area contributed by atoms with E-state index < -0.39 is 20.0 Å². The van der Waals surface area contributed by atoms with Crippen molar-refractivity contribution in [1.29, 1.82) is 0 Å². The first-order valence-corrected chi connectivity index (χ1v) is 26.2. The first-order chi connectivity index (χ1) is 28.0. The molecular weight excluding hydrogens is 744 g/mol. The summed E-state index contributed by atoms with van der Waals surface area (Å²) in [5, 5.41) is 13.8. The van der Waals surface area contributed by atoms with Gasteiger partial charge >= 0.3 is 7.82 Å². The van der Waals surface area contributed by atoms with Gasteiger partial charge in [-0.1, -0.05) is 212 Å². The van der Waals surface area contributed by atoms with Gasteiger partial charge in [0.25, 0.3) is 0 Å². The number of carbonyl (C=O) groups is 1. The number of nitrogens with one attached hydrogen (secondary N) is 1. The molecule has 3 unspecified atom stereocenters. The minimum Gasteiger partial charge on any atom is -0.387 e. The third-order valence-corrected chi connectivity index (χ3v) is 12.1. The highest BCUT2D eigenvalue weighted by Gasteiger charge is 2.27. The van der Waals surface area contributed by atoms with Crippen molar-refractivity contribution in [2.75, 3.05) is 40.9 Å². The molecule has 0 saturated carbocycles. The third kappa shape index (κ3) is 43.1. The zero-order valence-corrected chi connectivity index (χ0v) is 39.9. The number of quaternary nitrogens is 1. The Kier molecular flexibility index (Phi) is 40.6. The zero-order valence-electron chi connectivity index (χ0n) is 39.0. The lowest BCUT2D eigenvalue weighted by atomic mass is 10.0. The van der Waals surface area contributed by atoms with E-state index in [4.69, 9.17) is 9.05 Å². The van der Waals surface area contributed by atoms with Gasteiger partial charge in [0.15, 0.2) is 0 Å². The van der Waals surface area contributed by atoms with Crippen molar-refractivity contribution in [1.82, 2.24) is 5.32 Å². The molecule has 0 bridgehead atoms. The summed E-state index contributed by atoms with van der Waals surface area (Å²) in [6.07, 6.45) is 49.9. The standard InChI is InChI=1S/C49H97N2O6P/c1-6-8-10-12-14-16-18-19-20-21-22-23-24-25-26-27-28-29-30-31-32-33-34-36-38-40-42-48(52)47(46-57-58(54,55)56-45-44-51(3,4)5)50-49(53)43-41-39-37-35-17-15-13-11-9-7-2/h11,13,40,42,47-48,52H,6-10,12,14-39,41,43-46H2,1-5H3,(H-,50,53,54,55)/p+1/b13-11-,42-40+. The van der Waals surface area contributed by atoms with E-state index in [9.17, 15) is 19.4 Å². The average molecular weight is 842 g/mol. The number of aliphatic hydroxyl groups is 1. The maximum absolute atomic E-state index is 12.8. The van der Waals surface area contributed by atoms with Gasteiger partial charge < -0.3 is 19.8 Å². The first kappa shape index (κ1) is 57.0. The highest BCUT2D eigenvalue weighted by Crippen LogP contribution is 2.43. The van der Waals surface area contributed by atoms with Crippen molar-refractivity contribution >= 4 is 13.7 Å². The van der Waals surface area contributed by atoms with Gasteiger partial charge in [-0.05, 0) is 38.5 Å². The molecule has 0 aromatic rings. The summed E-state index contributed by atoms with van der Waals surface area (Å²) in [5.74, 6) is -0.188. The number of hydrogen-bond donors (Lipinski definition) is 3. The Labute approximate surface area is 360 Å². The number of nitrogens with zero attached hydrogens (tertiary/aromatic N) is 1. The number of phosphoric acid groups is 1. The number of likely N-dealkylation sites (N-methyl/N-ethyl adjacent to an activating group) is 1. The van der Waals surface area contributed by atoms with Crippen molar-refractivity contribution in [3.05, 3.63) is 24.3 Å². The maximum Gasteiger partial charge on any atom is 0.472 e. The highest BCUT2D eigenvalue weighted by atomic mass is 31.2. The van der Waals surface area contributed by atoms with E-state index >= 15 is 0 Å². The zero-order chi connectivity index (χ0) is 42.8. The monoisotopic (exact) mass is 842 g/mol. The van der Waals surface area contributed by atoms with Crippen molar-refractivity contribution in [3.63, 3.8) is 0 Å². The van der Waals surface area contributed by atoms with E-state index in [1.165, 1.54) is 154 Å². The van der Waals surface area contributed by atoms with Crippen LogP contribution in [0.15, 0.2) is 24.3 Å². The number of aliphatic hydroxyl groups excluding tert-OH is 1. The lowest BCUT2D eigenvalue weighted by Crippen LogP contribution is -2.45. The van der Waals surface area contributed by atoms with Crippen LogP contribution < -0.4 is 5.32 Å². The summed E-state index contributed by atoms with van der Waals surface area (Å²) in [5.41, 5.74) is 0. The van der Waals surface area contributed by atoms with E-state index in [1.54, 1.807) is 6.08 Å². The van der Waals surface area contributed by atoms with Crippen LogP contribution in [-0.4, -0.2) is 73.4 Å². The van der Waals surface area contributed by atoms with Gasteiger partial charge in [-0.2, -0.15) is 0 Å². The molecule has 0 radical (unpaired) electrons. The molecule has 0 aromatic heterocycles. The molecule has 0 heterocycles. The molecule has 0 aromatic carbocycles. The Balaban J connectivity index is 4.16. The predicted octanol–water partition coefficient (Wildman–Crippen LogP) is 14.1. The Bertz CT molecular complexity index is 1000. The second-order valence-corrected chi connectivity index (χ2v) is 19.6. The van der Waals surface area contributed by atoms with Gasteiger partial charge in [-0.3, -0.25) is 13.8 Å². The van der Waals surface area contributed by atoms with Crippen LogP contribution in [0.1, 0.15) is 232 Å². The summed E-state index contributed by atoms with van der Waals surface area (Å²) in [4.78, 5) is 23.1. The molecule has 3 N–H and O–H groups in total. The number of phosphoric ester groups is 1. The van der Waals surface area contributed by atoms with Crippen LogP contribution >= 0.6 is 7.82 Å². The van der Waals surface area contributed by atoms with Crippen LogP contribution in [0.3, 0.4) is 0 Å². The number of unbranched alkanes of at least 4 members (excludes halogenated alkanes) is 30. The minimum absolute atomic E-state index is 0.0609. The molecule has 1 amide bonds. The van der Waals surface area contributed by atoms with Gasteiger partial charge in [0, 0.05) is 6.42 Å². The summed E-state index contributed by atoms with van der Waals surface area (Å²) in [6, 6.07) is -0.847. The fourth-order valence-corrected chi connectivity index (χ4v) is 7.96. The molecule has 58 heavy (non-hydrogen) atoms. The van der Waals surface area contributed by atoms with Crippen molar-refractivity contribution in [2.24, 2.45) is 0 Å². The van der Waals surface area contributed by atoms with Gasteiger partial charge in [0.1, 0.15) is 13.2 Å². The first-order valence-electron chi connectivity index (χ1n) is 24.7. The number of amides is 1. The molecule has 0 fully saturated rings. The van der Waals surface area contributed by atoms with Crippen LogP contribution in [0.5, 0.6) is 0 Å². The number of rotatable bonds is 45. The summed E-state index contributed by atoms with van der Waals surface area (Å²) in [6.45, 7) is 4.76. The summed E-state index contributed by atoms with van der Waals surface area (Å²) in [7, 11) is 1.57. The lowest BCUT2D eigenvalue weighted by Gasteiger charge is -2.25. The third-order valence-electron chi connectivity index (χ3n) is 11.1. The lowest BCUT2D eigenvalue weighted by molar-refractivity contribution is -0.870. The molecule has 0 aliphatic rings. The van der Waals surface area contributed by atoms with Crippen LogP contribution in [0.25, 0.3) is 0 Å². The van der Waals surface area contributed by atoms with E-state index in [-0.39, 0.29) is 19.1 Å². The van der Waals surface area contributed by atoms with Crippen LogP contribution in [0, 0.1) is 0 Å².